The van der Waals surface area contributed by atoms with Crippen LogP contribution in [0.1, 0.15) is 55.4 Å². The van der Waals surface area contributed by atoms with Crippen LogP contribution in [0.2, 0.25) is 0 Å². The Kier molecular flexibility index (Phi) is 4.05. The minimum Gasteiger partial charge on any atom is -0.348 e. The summed E-state index contributed by atoms with van der Waals surface area (Å²) in [5.74, 6) is 0. The molecular formula is C14H22N2OS. The second kappa shape index (κ2) is 5.39. The number of piperidine rings is 1. The molecule has 0 saturated carbocycles. The summed E-state index contributed by atoms with van der Waals surface area (Å²) in [5, 5.41) is 1.03. The van der Waals surface area contributed by atoms with Crippen LogP contribution in [0.25, 0.3) is 0 Å². The zero-order chi connectivity index (χ0) is 13.2. The van der Waals surface area contributed by atoms with E-state index in [9.17, 15) is 4.79 Å². The van der Waals surface area contributed by atoms with E-state index >= 15 is 0 Å². The maximum Gasteiger partial charge on any atom is 0.186 e. The average molecular weight is 266 g/mol. The van der Waals surface area contributed by atoms with Gasteiger partial charge in [-0.1, -0.05) is 38.5 Å². The van der Waals surface area contributed by atoms with Crippen LogP contribution < -0.4 is 4.90 Å². The monoisotopic (exact) mass is 266 g/mol. The number of aromatic nitrogens is 1. The minimum atomic E-state index is 0.495. The van der Waals surface area contributed by atoms with E-state index in [-0.39, 0.29) is 0 Å². The highest BCUT2D eigenvalue weighted by Crippen LogP contribution is 2.37. The van der Waals surface area contributed by atoms with E-state index in [1.807, 2.05) is 0 Å². The van der Waals surface area contributed by atoms with E-state index in [0.29, 0.717) is 5.41 Å². The van der Waals surface area contributed by atoms with Crippen molar-refractivity contribution in [3.63, 3.8) is 0 Å². The first-order chi connectivity index (χ1) is 8.61. The van der Waals surface area contributed by atoms with Crippen molar-refractivity contribution >= 4 is 22.8 Å². The SMILES string of the molecule is CCc1nc(N2CCC(C)(CC)CC2)sc1C=O. The van der Waals surface area contributed by atoms with Gasteiger partial charge in [0.25, 0.3) is 0 Å². The second-order valence-corrected chi connectivity index (χ2v) is 6.44. The summed E-state index contributed by atoms with van der Waals surface area (Å²) < 4.78 is 0. The van der Waals surface area contributed by atoms with Crippen molar-refractivity contribution in [3.8, 4) is 0 Å². The van der Waals surface area contributed by atoms with Crippen LogP contribution in [0.3, 0.4) is 0 Å². The van der Waals surface area contributed by atoms with Crippen molar-refractivity contribution in [2.45, 2.75) is 46.5 Å². The molecule has 0 aliphatic carbocycles. The molecule has 1 aromatic heterocycles. The zero-order valence-corrected chi connectivity index (χ0v) is 12.3. The quantitative estimate of drug-likeness (QED) is 0.782. The van der Waals surface area contributed by atoms with Gasteiger partial charge >= 0.3 is 0 Å². The second-order valence-electron chi connectivity index (χ2n) is 5.43. The fourth-order valence-corrected chi connectivity index (χ4v) is 3.44. The van der Waals surface area contributed by atoms with E-state index in [1.54, 1.807) is 11.3 Å². The van der Waals surface area contributed by atoms with Gasteiger partial charge in [-0.2, -0.15) is 0 Å². The molecular weight excluding hydrogens is 244 g/mol. The van der Waals surface area contributed by atoms with Crippen molar-refractivity contribution in [3.05, 3.63) is 10.6 Å². The maximum absolute atomic E-state index is 11.0. The Labute approximate surface area is 113 Å². The fourth-order valence-electron chi connectivity index (χ4n) is 2.42. The molecule has 1 aliphatic rings. The van der Waals surface area contributed by atoms with Crippen molar-refractivity contribution < 1.29 is 4.79 Å². The van der Waals surface area contributed by atoms with Gasteiger partial charge in [0.15, 0.2) is 11.4 Å². The zero-order valence-electron chi connectivity index (χ0n) is 11.5. The number of aryl methyl sites for hydroxylation is 1. The van der Waals surface area contributed by atoms with Crippen LogP contribution in [-0.4, -0.2) is 24.4 Å². The lowest BCUT2D eigenvalue weighted by atomic mass is 9.78. The molecule has 0 atom stereocenters. The summed E-state index contributed by atoms with van der Waals surface area (Å²) in [7, 11) is 0. The molecule has 0 radical (unpaired) electrons. The smallest absolute Gasteiger partial charge is 0.186 e. The predicted molar refractivity (Wildman–Crippen MR) is 76.7 cm³/mol. The number of carbonyl (C=O) groups is 1. The summed E-state index contributed by atoms with van der Waals surface area (Å²) >= 11 is 1.55. The molecule has 0 bridgehead atoms. The Hall–Kier alpha value is -0.900. The summed E-state index contributed by atoms with van der Waals surface area (Å²) in [6.07, 6.45) is 5.48. The van der Waals surface area contributed by atoms with E-state index in [0.717, 1.165) is 41.5 Å². The number of carbonyl (C=O) groups excluding carboxylic acids is 1. The third-order valence-electron chi connectivity index (χ3n) is 4.25. The van der Waals surface area contributed by atoms with Gasteiger partial charge in [-0.3, -0.25) is 4.79 Å². The standard InChI is InChI=1S/C14H22N2OS/c1-4-11-12(10-17)18-13(15-11)16-8-6-14(3,5-2)7-9-16/h10H,4-9H2,1-3H3. The summed E-state index contributed by atoms with van der Waals surface area (Å²) in [6.45, 7) is 8.84. The fraction of sp³-hybridized carbons (Fsp3) is 0.714. The van der Waals surface area contributed by atoms with E-state index in [4.69, 9.17) is 0 Å². The summed E-state index contributed by atoms with van der Waals surface area (Å²) in [6, 6.07) is 0. The van der Waals surface area contributed by atoms with Gasteiger partial charge in [0, 0.05) is 13.1 Å². The molecule has 0 unspecified atom stereocenters. The molecule has 18 heavy (non-hydrogen) atoms. The highest BCUT2D eigenvalue weighted by molar-refractivity contribution is 7.17. The molecule has 0 N–H and O–H groups in total. The number of hydrogen-bond acceptors (Lipinski definition) is 4. The minimum absolute atomic E-state index is 0.495. The third kappa shape index (κ3) is 2.58. The Morgan fingerprint density at radius 1 is 1.39 bits per heavy atom. The highest BCUT2D eigenvalue weighted by Gasteiger charge is 2.29. The van der Waals surface area contributed by atoms with Gasteiger partial charge in [0.1, 0.15) is 0 Å². The van der Waals surface area contributed by atoms with Gasteiger partial charge in [0.2, 0.25) is 0 Å². The summed E-state index contributed by atoms with van der Waals surface area (Å²) in [5.41, 5.74) is 1.45. The normalized spacial score (nSPS) is 18.9. The summed E-state index contributed by atoms with van der Waals surface area (Å²) in [4.78, 5) is 18.7. The molecule has 0 spiro atoms. The predicted octanol–water partition coefficient (Wildman–Crippen LogP) is 3.53. The van der Waals surface area contributed by atoms with Crippen LogP contribution in [0.15, 0.2) is 0 Å². The molecule has 0 aromatic carbocycles. The van der Waals surface area contributed by atoms with E-state index < -0.39 is 0 Å². The van der Waals surface area contributed by atoms with Gasteiger partial charge in [-0.05, 0) is 24.7 Å². The average Bonchev–Trinajstić information content (AvgIpc) is 2.83. The maximum atomic E-state index is 11.0. The van der Waals surface area contributed by atoms with Gasteiger partial charge in [0.05, 0.1) is 10.6 Å². The molecule has 3 nitrogen and oxygen atoms in total. The van der Waals surface area contributed by atoms with Gasteiger partial charge in [-0.25, -0.2) is 4.98 Å². The Morgan fingerprint density at radius 2 is 2.06 bits per heavy atom. The Bertz CT molecular complexity index is 419. The van der Waals surface area contributed by atoms with Crippen molar-refractivity contribution in [2.75, 3.05) is 18.0 Å². The topological polar surface area (TPSA) is 33.2 Å². The first-order valence-electron chi connectivity index (χ1n) is 6.81. The van der Waals surface area contributed by atoms with E-state index in [2.05, 4.69) is 30.7 Å². The van der Waals surface area contributed by atoms with Crippen LogP contribution in [0, 0.1) is 5.41 Å². The molecule has 1 fully saturated rings. The highest BCUT2D eigenvalue weighted by atomic mass is 32.1. The molecule has 4 heteroatoms. The first-order valence-corrected chi connectivity index (χ1v) is 7.63. The molecule has 1 aliphatic heterocycles. The molecule has 1 aromatic rings. The number of thiazole rings is 1. The first kappa shape index (κ1) is 13.5. The van der Waals surface area contributed by atoms with Crippen molar-refractivity contribution in [1.82, 2.24) is 4.98 Å². The molecule has 100 valence electrons. The largest absolute Gasteiger partial charge is 0.348 e. The lowest BCUT2D eigenvalue weighted by molar-refractivity contribution is 0.112. The van der Waals surface area contributed by atoms with Crippen LogP contribution >= 0.6 is 11.3 Å². The molecule has 0 amide bonds. The number of hydrogen-bond donors (Lipinski definition) is 0. The lowest BCUT2D eigenvalue weighted by Gasteiger charge is -2.38. The number of anilines is 1. The number of nitrogens with zero attached hydrogens (tertiary/aromatic N) is 2. The lowest BCUT2D eigenvalue weighted by Crippen LogP contribution is -2.38. The van der Waals surface area contributed by atoms with E-state index in [1.165, 1.54) is 19.3 Å². The Balaban J connectivity index is 2.10. The van der Waals surface area contributed by atoms with Crippen molar-refractivity contribution in [2.24, 2.45) is 5.41 Å². The third-order valence-corrected chi connectivity index (χ3v) is 5.34. The van der Waals surface area contributed by atoms with Crippen LogP contribution in [-0.2, 0) is 6.42 Å². The molecule has 2 heterocycles. The Morgan fingerprint density at radius 3 is 2.50 bits per heavy atom. The number of rotatable bonds is 4. The molecule has 2 rings (SSSR count). The number of aldehydes is 1. The van der Waals surface area contributed by atoms with Crippen LogP contribution in [0.5, 0.6) is 0 Å². The van der Waals surface area contributed by atoms with Crippen LogP contribution in [0.4, 0.5) is 5.13 Å². The van der Waals surface area contributed by atoms with Crippen molar-refractivity contribution in [1.29, 1.82) is 0 Å². The molecule has 1 saturated heterocycles. The van der Waals surface area contributed by atoms with Gasteiger partial charge < -0.3 is 4.90 Å². The van der Waals surface area contributed by atoms with Gasteiger partial charge in [-0.15, -0.1) is 0 Å².